The number of benzene rings is 1. The van der Waals surface area contributed by atoms with Crippen molar-refractivity contribution < 1.29 is 29.3 Å². The molecule has 26 heavy (non-hydrogen) atoms. The summed E-state index contributed by atoms with van der Waals surface area (Å²) in [4.78, 5) is 34.7. The minimum absolute atomic E-state index is 0.258. The summed E-state index contributed by atoms with van der Waals surface area (Å²) in [6.07, 6.45) is 6.23. The molecule has 1 heterocycles. The van der Waals surface area contributed by atoms with Crippen molar-refractivity contribution in [2.45, 2.75) is 6.54 Å². The molecule has 0 spiro atoms. The summed E-state index contributed by atoms with van der Waals surface area (Å²) >= 11 is 11.6. The van der Waals surface area contributed by atoms with E-state index >= 15 is 0 Å². The predicted octanol–water partition coefficient (Wildman–Crippen LogP) is 2.76. The van der Waals surface area contributed by atoms with Crippen molar-refractivity contribution in [1.29, 1.82) is 0 Å². The molecule has 0 unspecified atom stereocenters. The van der Waals surface area contributed by atoms with Crippen LogP contribution in [0.3, 0.4) is 0 Å². The number of halogens is 2. The standard InChI is InChI=1S/C12H10Cl2N2O2.C4H4O4/c13-9-1-2-10(11(14)7-9)12(17)18-6-5-16-4-3-15-8-16;5-3(6)1-2-4(7)8/h1-4,7-8H,5-6H2;1-2H,(H,5,6)(H,7,8)/b;2-1-. The van der Waals surface area contributed by atoms with E-state index in [1.54, 1.807) is 30.9 Å². The number of esters is 1. The largest absolute Gasteiger partial charge is 0.478 e. The van der Waals surface area contributed by atoms with Crippen LogP contribution in [0.25, 0.3) is 0 Å². The molecule has 1 aromatic carbocycles. The number of hydrogen-bond acceptors (Lipinski definition) is 5. The summed E-state index contributed by atoms with van der Waals surface area (Å²) in [5.41, 5.74) is 0.312. The van der Waals surface area contributed by atoms with E-state index in [4.69, 9.17) is 38.2 Å². The van der Waals surface area contributed by atoms with Gasteiger partial charge < -0.3 is 19.5 Å². The molecular weight excluding hydrogens is 387 g/mol. The molecular formula is C16H14Cl2N2O6. The highest BCUT2D eigenvalue weighted by molar-refractivity contribution is 6.36. The summed E-state index contributed by atoms with van der Waals surface area (Å²) in [6.45, 7) is 0.811. The quantitative estimate of drug-likeness (QED) is 0.564. The van der Waals surface area contributed by atoms with Gasteiger partial charge >= 0.3 is 17.9 Å². The van der Waals surface area contributed by atoms with E-state index in [0.717, 1.165) is 0 Å². The van der Waals surface area contributed by atoms with Gasteiger partial charge in [0.2, 0.25) is 0 Å². The maximum Gasteiger partial charge on any atom is 0.339 e. The highest BCUT2D eigenvalue weighted by atomic mass is 35.5. The number of aliphatic carboxylic acids is 2. The Labute approximate surface area is 158 Å². The SMILES string of the molecule is O=C(O)/C=C\C(=O)O.O=C(OCCn1ccnc1)c1ccc(Cl)cc1Cl. The van der Waals surface area contributed by atoms with Crippen LogP contribution in [0.5, 0.6) is 0 Å². The molecule has 0 aliphatic carbocycles. The third kappa shape index (κ3) is 8.32. The number of imidazole rings is 1. The fraction of sp³-hybridized carbons (Fsp3) is 0.125. The molecule has 138 valence electrons. The number of carbonyl (C=O) groups is 3. The first-order valence-electron chi connectivity index (χ1n) is 7.01. The molecule has 2 N–H and O–H groups in total. The van der Waals surface area contributed by atoms with E-state index in [2.05, 4.69) is 4.98 Å². The number of carboxylic acid groups (broad SMARTS) is 2. The van der Waals surface area contributed by atoms with Gasteiger partial charge in [-0.1, -0.05) is 23.2 Å². The summed E-state index contributed by atoms with van der Waals surface area (Å²) < 4.78 is 6.92. The topological polar surface area (TPSA) is 119 Å². The molecule has 2 rings (SSSR count). The number of hydrogen-bond donors (Lipinski definition) is 2. The van der Waals surface area contributed by atoms with Crippen molar-refractivity contribution >= 4 is 41.1 Å². The molecule has 0 amide bonds. The van der Waals surface area contributed by atoms with E-state index in [1.807, 2.05) is 4.57 Å². The number of rotatable bonds is 6. The van der Waals surface area contributed by atoms with E-state index in [1.165, 1.54) is 6.07 Å². The van der Waals surface area contributed by atoms with Crippen LogP contribution in [-0.2, 0) is 20.9 Å². The molecule has 0 radical (unpaired) electrons. The lowest BCUT2D eigenvalue weighted by Crippen LogP contribution is -2.11. The summed E-state index contributed by atoms with van der Waals surface area (Å²) in [7, 11) is 0. The number of ether oxygens (including phenoxy) is 1. The van der Waals surface area contributed by atoms with Crippen LogP contribution >= 0.6 is 23.2 Å². The van der Waals surface area contributed by atoms with Gasteiger partial charge in [-0.25, -0.2) is 19.4 Å². The normalized spacial score (nSPS) is 10.1. The molecule has 0 aliphatic rings. The van der Waals surface area contributed by atoms with Gasteiger partial charge in [-0.05, 0) is 18.2 Å². The van der Waals surface area contributed by atoms with Gasteiger partial charge in [0.1, 0.15) is 6.61 Å². The molecule has 10 heteroatoms. The Bertz CT molecular complexity index is 774. The van der Waals surface area contributed by atoms with Crippen molar-refractivity contribution in [3.05, 3.63) is 64.7 Å². The Balaban J connectivity index is 0.000000359. The average Bonchev–Trinajstić information content (AvgIpc) is 3.07. The zero-order valence-electron chi connectivity index (χ0n) is 13.2. The van der Waals surface area contributed by atoms with Gasteiger partial charge in [-0.3, -0.25) is 0 Å². The van der Waals surface area contributed by atoms with Crippen LogP contribution in [0.4, 0.5) is 0 Å². The predicted molar refractivity (Wildman–Crippen MR) is 93.4 cm³/mol. The number of aromatic nitrogens is 2. The molecule has 8 nitrogen and oxygen atoms in total. The molecule has 1 aromatic heterocycles. The number of nitrogens with zero attached hydrogens (tertiary/aromatic N) is 2. The highest BCUT2D eigenvalue weighted by Crippen LogP contribution is 2.21. The summed E-state index contributed by atoms with van der Waals surface area (Å²) in [6, 6.07) is 4.65. The molecule has 0 fully saturated rings. The van der Waals surface area contributed by atoms with Gasteiger partial charge in [-0.2, -0.15) is 0 Å². The Morgan fingerprint density at radius 1 is 1.15 bits per heavy atom. The molecule has 0 saturated heterocycles. The van der Waals surface area contributed by atoms with Crippen LogP contribution in [0.2, 0.25) is 10.0 Å². The van der Waals surface area contributed by atoms with Crippen molar-refractivity contribution in [1.82, 2.24) is 9.55 Å². The van der Waals surface area contributed by atoms with Gasteiger partial charge in [0.25, 0.3) is 0 Å². The minimum atomic E-state index is -1.26. The lowest BCUT2D eigenvalue weighted by Gasteiger charge is -2.06. The van der Waals surface area contributed by atoms with Crippen LogP contribution in [-0.4, -0.2) is 44.3 Å². The van der Waals surface area contributed by atoms with Crippen LogP contribution in [0, 0.1) is 0 Å². The Hall–Kier alpha value is -2.84. The average molecular weight is 401 g/mol. The maximum absolute atomic E-state index is 11.7. The Morgan fingerprint density at radius 3 is 2.31 bits per heavy atom. The fourth-order valence-electron chi connectivity index (χ4n) is 1.54. The molecule has 0 saturated carbocycles. The molecule has 0 bridgehead atoms. The second kappa shape index (κ2) is 10.9. The second-order valence-corrected chi connectivity index (χ2v) is 5.41. The molecule has 0 aliphatic heterocycles. The first-order valence-corrected chi connectivity index (χ1v) is 7.77. The smallest absolute Gasteiger partial charge is 0.339 e. The van der Waals surface area contributed by atoms with Gasteiger partial charge in [-0.15, -0.1) is 0 Å². The van der Waals surface area contributed by atoms with E-state index in [9.17, 15) is 14.4 Å². The number of carboxylic acids is 2. The zero-order valence-corrected chi connectivity index (χ0v) is 14.7. The molecule has 2 aromatic rings. The summed E-state index contributed by atoms with van der Waals surface area (Å²) in [5, 5.41) is 16.4. The lowest BCUT2D eigenvalue weighted by molar-refractivity contribution is -0.134. The molecule has 0 atom stereocenters. The van der Waals surface area contributed by atoms with Crippen molar-refractivity contribution in [2.75, 3.05) is 6.61 Å². The highest BCUT2D eigenvalue weighted by Gasteiger charge is 2.11. The Morgan fingerprint density at radius 2 is 1.81 bits per heavy atom. The minimum Gasteiger partial charge on any atom is -0.478 e. The number of carbonyl (C=O) groups excluding carboxylic acids is 1. The lowest BCUT2D eigenvalue weighted by atomic mass is 10.2. The third-order valence-corrected chi connectivity index (χ3v) is 3.21. The van der Waals surface area contributed by atoms with E-state index in [0.29, 0.717) is 29.3 Å². The van der Waals surface area contributed by atoms with Crippen molar-refractivity contribution in [3.8, 4) is 0 Å². The second-order valence-electron chi connectivity index (χ2n) is 4.57. The third-order valence-electron chi connectivity index (χ3n) is 2.66. The summed E-state index contributed by atoms with van der Waals surface area (Å²) in [5.74, 6) is -2.98. The van der Waals surface area contributed by atoms with Crippen molar-refractivity contribution in [2.24, 2.45) is 0 Å². The first-order chi connectivity index (χ1) is 12.3. The van der Waals surface area contributed by atoms with Crippen LogP contribution < -0.4 is 0 Å². The van der Waals surface area contributed by atoms with Gasteiger partial charge in [0.15, 0.2) is 0 Å². The van der Waals surface area contributed by atoms with E-state index in [-0.39, 0.29) is 11.6 Å². The maximum atomic E-state index is 11.7. The van der Waals surface area contributed by atoms with Gasteiger partial charge in [0, 0.05) is 29.6 Å². The Kier molecular flexibility index (Phi) is 8.90. The zero-order chi connectivity index (χ0) is 19.5. The van der Waals surface area contributed by atoms with Gasteiger partial charge in [0.05, 0.1) is 23.5 Å². The monoisotopic (exact) mass is 400 g/mol. The van der Waals surface area contributed by atoms with Crippen molar-refractivity contribution in [3.63, 3.8) is 0 Å². The first kappa shape index (κ1) is 21.2. The van der Waals surface area contributed by atoms with E-state index < -0.39 is 17.9 Å². The fourth-order valence-corrected chi connectivity index (χ4v) is 2.02. The van der Waals surface area contributed by atoms with Crippen LogP contribution in [0.15, 0.2) is 49.1 Å². The van der Waals surface area contributed by atoms with Crippen LogP contribution in [0.1, 0.15) is 10.4 Å².